The van der Waals surface area contributed by atoms with Crippen LogP contribution in [0.4, 0.5) is 0 Å². The van der Waals surface area contributed by atoms with Crippen molar-refractivity contribution < 1.29 is 4.74 Å². The maximum Gasteiger partial charge on any atom is 0.216 e. The van der Waals surface area contributed by atoms with Crippen LogP contribution in [0.3, 0.4) is 0 Å². The van der Waals surface area contributed by atoms with Gasteiger partial charge in [-0.3, -0.25) is 0 Å². The predicted octanol–water partition coefficient (Wildman–Crippen LogP) is 1.94. The zero-order chi connectivity index (χ0) is 12.1. The highest BCUT2D eigenvalue weighted by Crippen LogP contribution is 2.28. The standard InChI is InChI=1S/C13H21N3O/c1-2-4-11-7-13(16-9-15-11)17-12-6-3-5-10(12)8-14/h7,9-10,12H,2-6,8,14H2,1H3. The van der Waals surface area contributed by atoms with E-state index in [0.29, 0.717) is 18.3 Å². The van der Waals surface area contributed by atoms with E-state index in [1.807, 2.05) is 6.07 Å². The van der Waals surface area contributed by atoms with Crippen molar-refractivity contribution in [3.63, 3.8) is 0 Å². The lowest BCUT2D eigenvalue weighted by molar-refractivity contribution is 0.155. The molecular weight excluding hydrogens is 214 g/mol. The minimum atomic E-state index is 0.240. The highest BCUT2D eigenvalue weighted by Gasteiger charge is 2.28. The van der Waals surface area contributed by atoms with Crippen LogP contribution in [-0.2, 0) is 6.42 Å². The van der Waals surface area contributed by atoms with Crippen LogP contribution in [0, 0.1) is 5.92 Å². The molecule has 0 bridgehead atoms. The molecule has 1 aliphatic rings. The summed E-state index contributed by atoms with van der Waals surface area (Å²) in [6.07, 6.45) is 7.37. The summed E-state index contributed by atoms with van der Waals surface area (Å²) < 4.78 is 5.93. The van der Waals surface area contributed by atoms with Crippen LogP contribution >= 0.6 is 0 Å². The maximum absolute atomic E-state index is 5.93. The van der Waals surface area contributed by atoms with Crippen LogP contribution in [0.5, 0.6) is 5.88 Å². The Balaban J connectivity index is 2.00. The summed E-state index contributed by atoms with van der Waals surface area (Å²) in [5.41, 5.74) is 6.80. The van der Waals surface area contributed by atoms with E-state index in [9.17, 15) is 0 Å². The van der Waals surface area contributed by atoms with Gasteiger partial charge in [0.05, 0.1) is 0 Å². The average molecular weight is 235 g/mol. The van der Waals surface area contributed by atoms with E-state index >= 15 is 0 Å². The fraction of sp³-hybridized carbons (Fsp3) is 0.692. The molecule has 1 aliphatic carbocycles. The first-order valence-electron chi connectivity index (χ1n) is 6.51. The first kappa shape index (κ1) is 12.3. The summed E-state index contributed by atoms with van der Waals surface area (Å²) >= 11 is 0. The molecule has 2 atom stereocenters. The molecule has 1 aromatic rings. The molecule has 0 amide bonds. The van der Waals surface area contributed by atoms with Crippen molar-refractivity contribution in [2.75, 3.05) is 6.54 Å². The molecule has 4 heteroatoms. The van der Waals surface area contributed by atoms with E-state index in [1.54, 1.807) is 6.33 Å². The fourth-order valence-corrected chi connectivity index (χ4v) is 2.42. The number of rotatable bonds is 5. The van der Waals surface area contributed by atoms with Gasteiger partial charge in [0.1, 0.15) is 12.4 Å². The minimum absolute atomic E-state index is 0.240. The second-order valence-corrected chi connectivity index (χ2v) is 4.68. The van der Waals surface area contributed by atoms with E-state index in [4.69, 9.17) is 10.5 Å². The van der Waals surface area contributed by atoms with Crippen molar-refractivity contribution in [2.24, 2.45) is 11.7 Å². The number of hydrogen-bond donors (Lipinski definition) is 1. The molecule has 2 unspecified atom stereocenters. The Kier molecular flexibility index (Phi) is 4.31. The fourth-order valence-electron chi connectivity index (χ4n) is 2.42. The van der Waals surface area contributed by atoms with E-state index in [1.165, 1.54) is 12.8 Å². The lowest BCUT2D eigenvalue weighted by Gasteiger charge is -2.19. The third-order valence-corrected chi connectivity index (χ3v) is 3.37. The van der Waals surface area contributed by atoms with Gasteiger partial charge >= 0.3 is 0 Å². The summed E-state index contributed by atoms with van der Waals surface area (Å²) in [5.74, 6) is 1.19. The van der Waals surface area contributed by atoms with Crippen molar-refractivity contribution in [3.8, 4) is 5.88 Å². The molecule has 94 valence electrons. The highest BCUT2D eigenvalue weighted by molar-refractivity contribution is 5.14. The first-order valence-corrected chi connectivity index (χ1v) is 6.51. The number of aryl methyl sites for hydroxylation is 1. The minimum Gasteiger partial charge on any atom is -0.474 e. The monoisotopic (exact) mass is 235 g/mol. The average Bonchev–Trinajstić information content (AvgIpc) is 2.77. The molecular formula is C13H21N3O. The summed E-state index contributed by atoms with van der Waals surface area (Å²) in [4.78, 5) is 8.41. The SMILES string of the molecule is CCCc1cc(OC2CCCC2CN)ncn1. The zero-order valence-electron chi connectivity index (χ0n) is 10.4. The lowest BCUT2D eigenvalue weighted by Crippen LogP contribution is -2.28. The molecule has 1 aromatic heterocycles. The Labute approximate surface area is 103 Å². The Morgan fingerprint density at radius 3 is 3.06 bits per heavy atom. The molecule has 2 N–H and O–H groups in total. The quantitative estimate of drug-likeness (QED) is 0.847. The van der Waals surface area contributed by atoms with Crippen LogP contribution in [0.25, 0.3) is 0 Å². The van der Waals surface area contributed by atoms with E-state index in [-0.39, 0.29) is 6.10 Å². The number of nitrogens with zero attached hydrogens (tertiary/aromatic N) is 2. The van der Waals surface area contributed by atoms with E-state index in [0.717, 1.165) is 25.0 Å². The molecule has 2 rings (SSSR count). The molecule has 1 fully saturated rings. The number of hydrogen-bond acceptors (Lipinski definition) is 4. The van der Waals surface area contributed by atoms with E-state index < -0.39 is 0 Å². The highest BCUT2D eigenvalue weighted by atomic mass is 16.5. The van der Waals surface area contributed by atoms with Crippen molar-refractivity contribution >= 4 is 0 Å². The van der Waals surface area contributed by atoms with Crippen molar-refractivity contribution in [3.05, 3.63) is 18.1 Å². The van der Waals surface area contributed by atoms with Gasteiger partial charge in [-0.15, -0.1) is 0 Å². The van der Waals surface area contributed by atoms with Gasteiger partial charge in [-0.25, -0.2) is 9.97 Å². The summed E-state index contributed by atoms with van der Waals surface area (Å²) in [5, 5.41) is 0. The van der Waals surface area contributed by atoms with Gasteiger partial charge in [-0.05, 0) is 32.2 Å². The van der Waals surface area contributed by atoms with Gasteiger partial charge in [0, 0.05) is 17.7 Å². The molecule has 0 radical (unpaired) electrons. The second kappa shape index (κ2) is 5.96. The lowest BCUT2D eigenvalue weighted by atomic mass is 10.1. The second-order valence-electron chi connectivity index (χ2n) is 4.68. The van der Waals surface area contributed by atoms with Crippen LogP contribution in [0.1, 0.15) is 38.3 Å². The Bertz CT molecular complexity index is 356. The van der Waals surface area contributed by atoms with Gasteiger partial charge in [0.25, 0.3) is 0 Å². The van der Waals surface area contributed by atoms with Gasteiger partial charge in [0.15, 0.2) is 0 Å². The largest absolute Gasteiger partial charge is 0.474 e. The van der Waals surface area contributed by atoms with Crippen molar-refractivity contribution in [1.29, 1.82) is 0 Å². The number of nitrogens with two attached hydrogens (primary N) is 1. The van der Waals surface area contributed by atoms with Crippen LogP contribution < -0.4 is 10.5 Å². The Morgan fingerprint density at radius 1 is 1.41 bits per heavy atom. The normalized spacial score (nSPS) is 23.9. The van der Waals surface area contributed by atoms with Crippen LogP contribution in [0.2, 0.25) is 0 Å². The molecule has 0 spiro atoms. The smallest absolute Gasteiger partial charge is 0.216 e. The molecule has 0 aromatic carbocycles. The third-order valence-electron chi connectivity index (χ3n) is 3.37. The molecule has 4 nitrogen and oxygen atoms in total. The topological polar surface area (TPSA) is 61.0 Å². The Hall–Kier alpha value is -1.16. The van der Waals surface area contributed by atoms with Crippen molar-refractivity contribution in [2.45, 2.75) is 45.1 Å². The predicted molar refractivity (Wildman–Crippen MR) is 66.8 cm³/mol. The molecule has 17 heavy (non-hydrogen) atoms. The Morgan fingerprint density at radius 2 is 2.29 bits per heavy atom. The number of ether oxygens (including phenoxy) is 1. The summed E-state index contributed by atoms with van der Waals surface area (Å²) in [6.45, 7) is 2.85. The third kappa shape index (κ3) is 3.16. The molecule has 0 saturated heterocycles. The molecule has 1 saturated carbocycles. The van der Waals surface area contributed by atoms with Crippen LogP contribution in [-0.4, -0.2) is 22.6 Å². The van der Waals surface area contributed by atoms with Gasteiger partial charge in [-0.1, -0.05) is 13.3 Å². The zero-order valence-corrected chi connectivity index (χ0v) is 10.4. The number of aromatic nitrogens is 2. The first-order chi connectivity index (χ1) is 8.33. The van der Waals surface area contributed by atoms with Crippen molar-refractivity contribution in [1.82, 2.24) is 9.97 Å². The van der Waals surface area contributed by atoms with Gasteiger partial charge in [-0.2, -0.15) is 0 Å². The van der Waals surface area contributed by atoms with Gasteiger partial charge < -0.3 is 10.5 Å². The maximum atomic E-state index is 5.93. The summed E-state index contributed by atoms with van der Waals surface area (Å²) in [6, 6.07) is 1.95. The van der Waals surface area contributed by atoms with E-state index in [2.05, 4.69) is 16.9 Å². The van der Waals surface area contributed by atoms with Crippen LogP contribution in [0.15, 0.2) is 12.4 Å². The molecule has 1 heterocycles. The molecule has 0 aliphatic heterocycles. The summed E-state index contributed by atoms with van der Waals surface area (Å²) in [7, 11) is 0. The van der Waals surface area contributed by atoms with Gasteiger partial charge in [0.2, 0.25) is 5.88 Å².